The highest BCUT2D eigenvalue weighted by Crippen LogP contribution is 2.28. The Labute approximate surface area is 132 Å². The van der Waals surface area contributed by atoms with Crippen molar-refractivity contribution in [1.82, 2.24) is 4.98 Å². The maximum absolute atomic E-state index is 11.5. The molecule has 2 aromatic rings. The number of nitrogens with zero attached hydrogens (tertiary/aromatic N) is 2. The van der Waals surface area contributed by atoms with Crippen molar-refractivity contribution in [2.75, 3.05) is 11.6 Å². The van der Waals surface area contributed by atoms with Crippen molar-refractivity contribution in [3.63, 3.8) is 0 Å². The van der Waals surface area contributed by atoms with E-state index in [2.05, 4.69) is 10.3 Å². The van der Waals surface area contributed by atoms with Crippen LogP contribution in [-0.4, -0.2) is 24.6 Å². The Hall–Kier alpha value is -2.00. The first-order valence-electron chi connectivity index (χ1n) is 6.34. The largest absolute Gasteiger partial charge is 0.374 e. The monoisotopic (exact) mass is 341 g/mol. The number of rotatable bonds is 5. The third-order valence-electron chi connectivity index (χ3n) is 3.04. The minimum absolute atomic E-state index is 0.0783. The normalized spacial score (nSPS) is 11.4. The van der Waals surface area contributed by atoms with Crippen LogP contribution in [0, 0.1) is 24.0 Å². The molecule has 0 saturated carbocycles. The minimum Gasteiger partial charge on any atom is -0.374 e. The van der Waals surface area contributed by atoms with Gasteiger partial charge in [-0.3, -0.25) is 10.1 Å². The maximum Gasteiger partial charge on any atom is 0.293 e. The van der Waals surface area contributed by atoms with Gasteiger partial charge in [-0.15, -0.1) is 11.3 Å². The summed E-state index contributed by atoms with van der Waals surface area (Å²) in [5.41, 5.74) is 0.818. The van der Waals surface area contributed by atoms with E-state index >= 15 is 0 Å². The van der Waals surface area contributed by atoms with Gasteiger partial charge in [-0.1, -0.05) is 0 Å². The van der Waals surface area contributed by atoms with Crippen molar-refractivity contribution in [2.45, 2.75) is 25.3 Å². The predicted molar refractivity (Wildman–Crippen MR) is 85.1 cm³/mol. The standard InChI is InChI=1S/C13H15N3O4S2/c1-8-12(15-9(2)21-8)7-14-11-5-4-10(22(3,19)20)6-13(11)16(17)18/h4-6,14H,7H2,1-3H3. The third kappa shape index (κ3) is 3.60. The number of anilines is 1. The van der Waals surface area contributed by atoms with E-state index in [1.165, 1.54) is 12.1 Å². The highest BCUT2D eigenvalue weighted by Gasteiger charge is 2.19. The summed E-state index contributed by atoms with van der Waals surface area (Å²) in [5.74, 6) is 0. The van der Waals surface area contributed by atoms with Crippen LogP contribution in [0.25, 0.3) is 0 Å². The van der Waals surface area contributed by atoms with Gasteiger partial charge in [0.15, 0.2) is 9.84 Å². The molecule has 0 aliphatic rings. The Bertz CT molecular complexity index is 828. The van der Waals surface area contributed by atoms with E-state index in [9.17, 15) is 18.5 Å². The Kier molecular flexibility index (Phi) is 4.47. The van der Waals surface area contributed by atoms with Gasteiger partial charge in [0, 0.05) is 17.2 Å². The molecule has 0 bridgehead atoms. The van der Waals surface area contributed by atoms with Crippen molar-refractivity contribution >= 4 is 32.5 Å². The number of aryl methyl sites for hydroxylation is 2. The molecule has 1 N–H and O–H groups in total. The van der Waals surface area contributed by atoms with Gasteiger partial charge in [-0.25, -0.2) is 13.4 Å². The van der Waals surface area contributed by atoms with Crippen molar-refractivity contribution in [3.8, 4) is 0 Å². The molecule has 22 heavy (non-hydrogen) atoms. The number of hydrogen-bond acceptors (Lipinski definition) is 7. The van der Waals surface area contributed by atoms with Gasteiger partial charge in [0.25, 0.3) is 5.69 Å². The van der Waals surface area contributed by atoms with Crippen LogP contribution in [0.2, 0.25) is 0 Å². The molecule has 1 aromatic heterocycles. The van der Waals surface area contributed by atoms with Crippen molar-refractivity contribution in [3.05, 3.63) is 43.9 Å². The van der Waals surface area contributed by atoms with Crippen LogP contribution >= 0.6 is 11.3 Å². The minimum atomic E-state index is -3.49. The summed E-state index contributed by atoms with van der Waals surface area (Å²) in [5, 5.41) is 15.0. The summed E-state index contributed by atoms with van der Waals surface area (Å²) in [6, 6.07) is 3.82. The molecule has 2 rings (SSSR count). The van der Waals surface area contributed by atoms with E-state index in [-0.39, 0.29) is 16.3 Å². The highest BCUT2D eigenvalue weighted by molar-refractivity contribution is 7.90. The zero-order valence-corrected chi connectivity index (χ0v) is 13.9. The second-order valence-electron chi connectivity index (χ2n) is 4.80. The first-order chi connectivity index (χ1) is 10.2. The number of sulfone groups is 1. The molecule has 9 heteroatoms. The molecule has 0 atom stereocenters. The molecule has 118 valence electrons. The maximum atomic E-state index is 11.5. The van der Waals surface area contributed by atoms with Gasteiger partial charge in [0.2, 0.25) is 0 Å². The number of thiazole rings is 1. The smallest absolute Gasteiger partial charge is 0.293 e. The summed E-state index contributed by atoms with van der Waals surface area (Å²) in [6.45, 7) is 4.17. The van der Waals surface area contributed by atoms with E-state index in [1.807, 2.05) is 13.8 Å². The number of nitro groups is 1. The lowest BCUT2D eigenvalue weighted by Crippen LogP contribution is -2.05. The van der Waals surface area contributed by atoms with Crippen molar-refractivity contribution in [2.24, 2.45) is 0 Å². The Morgan fingerprint density at radius 3 is 2.55 bits per heavy atom. The highest BCUT2D eigenvalue weighted by atomic mass is 32.2. The average molecular weight is 341 g/mol. The fraction of sp³-hybridized carbons (Fsp3) is 0.308. The Morgan fingerprint density at radius 2 is 2.05 bits per heavy atom. The van der Waals surface area contributed by atoms with Gasteiger partial charge >= 0.3 is 0 Å². The number of hydrogen-bond donors (Lipinski definition) is 1. The first-order valence-corrected chi connectivity index (χ1v) is 9.04. The lowest BCUT2D eigenvalue weighted by Gasteiger charge is -2.07. The lowest BCUT2D eigenvalue weighted by atomic mass is 10.2. The number of nitro benzene ring substituents is 1. The van der Waals surface area contributed by atoms with Gasteiger partial charge in [0.05, 0.1) is 27.1 Å². The molecule has 0 radical (unpaired) electrons. The molecule has 0 aliphatic carbocycles. The molecule has 1 aromatic carbocycles. The second-order valence-corrected chi connectivity index (χ2v) is 8.22. The summed E-state index contributed by atoms with van der Waals surface area (Å²) >= 11 is 1.56. The third-order valence-corrected chi connectivity index (χ3v) is 5.08. The summed E-state index contributed by atoms with van der Waals surface area (Å²) in [4.78, 5) is 15.9. The molecular formula is C13H15N3O4S2. The molecule has 0 saturated heterocycles. The van der Waals surface area contributed by atoms with Gasteiger partial charge in [0.1, 0.15) is 5.69 Å². The molecule has 1 heterocycles. The number of nitrogens with one attached hydrogen (secondary N) is 1. The Balaban J connectivity index is 2.31. The van der Waals surface area contributed by atoms with Crippen LogP contribution in [0.1, 0.15) is 15.6 Å². The van der Waals surface area contributed by atoms with Gasteiger partial charge in [-0.2, -0.15) is 0 Å². The molecule has 0 fully saturated rings. The predicted octanol–water partition coefficient (Wildman–Crippen LogP) is 2.68. The molecule has 0 spiro atoms. The summed E-state index contributed by atoms with van der Waals surface area (Å²) < 4.78 is 23.0. The van der Waals surface area contributed by atoms with Crippen LogP contribution in [0.15, 0.2) is 23.1 Å². The molecule has 0 amide bonds. The summed E-state index contributed by atoms with van der Waals surface area (Å²) in [6.07, 6.45) is 1.01. The summed E-state index contributed by atoms with van der Waals surface area (Å²) in [7, 11) is -3.49. The molecule has 0 aliphatic heterocycles. The zero-order chi connectivity index (χ0) is 16.5. The first kappa shape index (κ1) is 16.4. The van der Waals surface area contributed by atoms with Crippen LogP contribution in [0.5, 0.6) is 0 Å². The molecule has 7 nitrogen and oxygen atoms in total. The fourth-order valence-corrected chi connectivity index (χ4v) is 3.43. The lowest BCUT2D eigenvalue weighted by molar-refractivity contribution is -0.384. The van der Waals surface area contributed by atoms with E-state index in [4.69, 9.17) is 0 Å². The van der Waals surface area contributed by atoms with Crippen LogP contribution < -0.4 is 5.32 Å². The van der Waals surface area contributed by atoms with E-state index in [1.54, 1.807) is 11.3 Å². The van der Waals surface area contributed by atoms with Crippen LogP contribution in [0.3, 0.4) is 0 Å². The Morgan fingerprint density at radius 1 is 1.36 bits per heavy atom. The van der Waals surface area contributed by atoms with Gasteiger partial charge in [-0.05, 0) is 26.0 Å². The van der Waals surface area contributed by atoms with Crippen LogP contribution in [-0.2, 0) is 16.4 Å². The second kappa shape index (κ2) is 6.01. The van der Waals surface area contributed by atoms with Crippen molar-refractivity contribution in [1.29, 1.82) is 0 Å². The fourth-order valence-electron chi connectivity index (χ4n) is 1.96. The quantitative estimate of drug-likeness (QED) is 0.662. The topological polar surface area (TPSA) is 102 Å². The SMILES string of the molecule is Cc1nc(CNc2ccc(S(C)(=O)=O)cc2[N+](=O)[O-])c(C)s1. The van der Waals surface area contributed by atoms with Gasteiger partial charge < -0.3 is 5.32 Å². The molecular weight excluding hydrogens is 326 g/mol. The van der Waals surface area contributed by atoms with E-state index in [0.717, 1.165) is 27.9 Å². The average Bonchev–Trinajstić information content (AvgIpc) is 2.73. The van der Waals surface area contributed by atoms with E-state index in [0.29, 0.717) is 6.54 Å². The van der Waals surface area contributed by atoms with E-state index < -0.39 is 14.8 Å². The number of aromatic nitrogens is 1. The number of benzene rings is 1. The molecule has 0 unspecified atom stereocenters. The van der Waals surface area contributed by atoms with Crippen molar-refractivity contribution < 1.29 is 13.3 Å². The van der Waals surface area contributed by atoms with Crippen LogP contribution in [0.4, 0.5) is 11.4 Å². The zero-order valence-electron chi connectivity index (χ0n) is 12.3.